The van der Waals surface area contributed by atoms with Gasteiger partial charge in [-0.2, -0.15) is 0 Å². The number of anilines is 2. The molecule has 0 radical (unpaired) electrons. The molecule has 1 aliphatic rings. The lowest BCUT2D eigenvalue weighted by Crippen LogP contribution is -2.43. The van der Waals surface area contributed by atoms with Crippen molar-refractivity contribution in [3.8, 4) is 0 Å². The molecule has 0 fully saturated rings. The molecule has 3 rings (SSSR count). The number of fused-ring (bicyclic) bond motifs is 1. The molecule has 2 aromatic carbocycles. The largest absolute Gasteiger partial charge is 0.466 e. The third kappa shape index (κ3) is 4.35. The number of benzene rings is 2. The summed E-state index contributed by atoms with van der Waals surface area (Å²) in [5.74, 6) is -0.141. The van der Waals surface area contributed by atoms with E-state index in [1.54, 1.807) is 6.92 Å². The highest BCUT2D eigenvalue weighted by Crippen LogP contribution is 2.39. The van der Waals surface area contributed by atoms with Gasteiger partial charge in [0.05, 0.1) is 19.1 Å². The second kappa shape index (κ2) is 8.46. The van der Waals surface area contributed by atoms with Gasteiger partial charge in [0, 0.05) is 24.3 Å². The highest BCUT2D eigenvalue weighted by atomic mass is 16.5. The lowest BCUT2D eigenvalue weighted by Gasteiger charge is -2.39. The maximum atomic E-state index is 12.2. The van der Waals surface area contributed by atoms with E-state index in [1.165, 1.54) is 5.56 Å². The highest BCUT2D eigenvalue weighted by Gasteiger charge is 2.32. The van der Waals surface area contributed by atoms with Crippen LogP contribution in [0.15, 0.2) is 42.5 Å². The molecule has 0 bridgehead atoms. The number of amides is 1. The molecular weight excluding hydrogens is 352 g/mol. The molecule has 0 spiro atoms. The van der Waals surface area contributed by atoms with Gasteiger partial charge in [-0.05, 0) is 56.5 Å². The number of carbonyl (C=O) groups excluding carboxylic acids is 2. The zero-order valence-electron chi connectivity index (χ0n) is 17.0. The molecule has 28 heavy (non-hydrogen) atoms. The van der Waals surface area contributed by atoms with Gasteiger partial charge in [-0.25, -0.2) is 0 Å². The van der Waals surface area contributed by atoms with Crippen LogP contribution in [0.25, 0.3) is 0 Å². The Hall–Kier alpha value is -2.82. The third-order valence-electron chi connectivity index (χ3n) is 5.12. The molecule has 1 heterocycles. The van der Waals surface area contributed by atoms with Gasteiger partial charge in [0.15, 0.2) is 0 Å². The fourth-order valence-corrected chi connectivity index (χ4v) is 3.90. The molecule has 1 amide bonds. The van der Waals surface area contributed by atoms with Crippen LogP contribution in [-0.4, -0.2) is 24.5 Å². The number of hydrogen-bond donors (Lipinski definition) is 1. The zero-order chi connectivity index (χ0) is 20.3. The van der Waals surface area contributed by atoms with Crippen LogP contribution < -0.4 is 10.2 Å². The molecule has 2 aromatic rings. The fraction of sp³-hybridized carbons (Fsp3) is 0.391. The van der Waals surface area contributed by atoms with Crippen molar-refractivity contribution in [3.63, 3.8) is 0 Å². The summed E-state index contributed by atoms with van der Waals surface area (Å²) in [6.07, 6.45) is 1.12. The number of carbonyl (C=O) groups is 2. The predicted molar refractivity (Wildman–Crippen MR) is 112 cm³/mol. The van der Waals surface area contributed by atoms with Crippen molar-refractivity contribution in [2.75, 3.05) is 16.8 Å². The van der Waals surface area contributed by atoms with Crippen molar-refractivity contribution in [3.05, 3.63) is 59.2 Å². The maximum Gasteiger partial charge on any atom is 0.310 e. The minimum Gasteiger partial charge on any atom is -0.466 e. The van der Waals surface area contributed by atoms with Crippen LogP contribution in [0.5, 0.6) is 0 Å². The molecule has 2 unspecified atom stereocenters. The average molecular weight is 380 g/mol. The summed E-state index contributed by atoms with van der Waals surface area (Å²) >= 11 is 0. The quantitative estimate of drug-likeness (QED) is 0.781. The van der Waals surface area contributed by atoms with Gasteiger partial charge in [0.25, 0.3) is 0 Å². The molecule has 0 saturated carbocycles. The van der Waals surface area contributed by atoms with Crippen molar-refractivity contribution < 1.29 is 14.3 Å². The third-order valence-corrected chi connectivity index (χ3v) is 5.12. The SMILES string of the molecule is CCOC(=O)Cc1ccc(NC2CC(C)N(C(C)=O)c3ccc(C)cc32)cc1. The van der Waals surface area contributed by atoms with Crippen LogP contribution >= 0.6 is 0 Å². The summed E-state index contributed by atoms with van der Waals surface area (Å²) in [4.78, 5) is 25.7. The number of ether oxygens (including phenoxy) is 1. The van der Waals surface area contributed by atoms with E-state index in [0.717, 1.165) is 28.9 Å². The summed E-state index contributed by atoms with van der Waals surface area (Å²) in [7, 11) is 0. The van der Waals surface area contributed by atoms with Crippen LogP contribution in [0.2, 0.25) is 0 Å². The predicted octanol–water partition coefficient (Wildman–Crippen LogP) is 4.40. The van der Waals surface area contributed by atoms with Crippen molar-refractivity contribution in [1.29, 1.82) is 0 Å². The van der Waals surface area contributed by atoms with Gasteiger partial charge in [-0.1, -0.05) is 29.8 Å². The van der Waals surface area contributed by atoms with Crippen LogP contribution in [0, 0.1) is 6.92 Å². The summed E-state index contributed by atoms with van der Waals surface area (Å²) in [6, 6.07) is 14.4. The Morgan fingerprint density at radius 2 is 1.89 bits per heavy atom. The van der Waals surface area contributed by atoms with E-state index in [2.05, 4.69) is 25.2 Å². The molecule has 0 aliphatic carbocycles. The Bertz CT molecular complexity index is 861. The Labute approximate surface area is 166 Å². The second-order valence-electron chi connectivity index (χ2n) is 7.41. The molecule has 0 saturated heterocycles. The van der Waals surface area contributed by atoms with E-state index in [1.807, 2.05) is 48.2 Å². The van der Waals surface area contributed by atoms with Gasteiger partial charge >= 0.3 is 5.97 Å². The number of nitrogens with zero attached hydrogens (tertiary/aromatic N) is 1. The van der Waals surface area contributed by atoms with Crippen molar-refractivity contribution >= 4 is 23.3 Å². The molecule has 0 aromatic heterocycles. The molecular formula is C23H28N2O3. The second-order valence-corrected chi connectivity index (χ2v) is 7.41. The van der Waals surface area contributed by atoms with E-state index in [-0.39, 0.29) is 30.4 Å². The number of hydrogen-bond acceptors (Lipinski definition) is 4. The van der Waals surface area contributed by atoms with E-state index >= 15 is 0 Å². The number of rotatable bonds is 5. The topological polar surface area (TPSA) is 58.6 Å². The molecule has 5 nitrogen and oxygen atoms in total. The van der Waals surface area contributed by atoms with Gasteiger partial charge in [0.2, 0.25) is 5.91 Å². The minimum atomic E-state index is -0.210. The first-order valence-corrected chi connectivity index (χ1v) is 9.80. The van der Waals surface area contributed by atoms with Gasteiger partial charge in [-0.3, -0.25) is 9.59 Å². The zero-order valence-corrected chi connectivity index (χ0v) is 17.0. The number of aryl methyl sites for hydroxylation is 1. The smallest absolute Gasteiger partial charge is 0.310 e. The van der Waals surface area contributed by atoms with E-state index in [9.17, 15) is 9.59 Å². The van der Waals surface area contributed by atoms with Crippen LogP contribution in [0.3, 0.4) is 0 Å². The number of esters is 1. The Kier molecular flexibility index (Phi) is 6.02. The summed E-state index contributed by atoms with van der Waals surface area (Å²) in [5, 5.41) is 3.61. The molecule has 2 atom stereocenters. The van der Waals surface area contributed by atoms with Gasteiger partial charge in [-0.15, -0.1) is 0 Å². The first kappa shape index (κ1) is 19.9. The van der Waals surface area contributed by atoms with Crippen molar-refractivity contribution in [2.45, 2.75) is 52.6 Å². The summed E-state index contributed by atoms with van der Waals surface area (Å²) < 4.78 is 5.00. The Balaban J connectivity index is 1.80. The Morgan fingerprint density at radius 1 is 1.18 bits per heavy atom. The summed E-state index contributed by atoms with van der Waals surface area (Å²) in [5.41, 5.74) is 5.22. The van der Waals surface area contributed by atoms with Gasteiger partial charge in [0.1, 0.15) is 0 Å². The highest BCUT2D eigenvalue weighted by molar-refractivity contribution is 5.93. The van der Waals surface area contributed by atoms with E-state index in [4.69, 9.17) is 4.74 Å². The first-order valence-electron chi connectivity index (χ1n) is 9.80. The van der Waals surface area contributed by atoms with Crippen molar-refractivity contribution in [2.24, 2.45) is 0 Å². The lowest BCUT2D eigenvalue weighted by molar-refractivity contribution is -0.142. The summed E-state index contributed by atoms with van der Waals surface area (Å²) in [6.45, 7) is 7.98. The van der Waals surface area contributed by atoms with Crippen LogP contribution in [0.4, 0.5) is 11.4 Å². The van der Waals surface area contributed by atoms with E-state index < -0.39 is 0 Å². The average Bonchev–Trinajstić information content (AvgIpc) is 2.63. The van der Waals surface area contributed by atoms with Crippen molar-refractivity contribution in [1.82, 2.24) is 0 Å². The van der Waals surface area contributed by atoms with Gasteiger partial charge < -0.3 is 15.0 Å². The monoisotopic (exact) mass is 380 g/mol. The van der Waals surface area contributed by atoms with Crippen LogP contribution in [-0.2, 0) is 20.7 Å². The van der Waals surface area contributed by atoms with E-state index in [0.29, 0.717) is 6.61 Å². The molecule has 1 aliphatic heterocycles. The Morgan fingerprint density at radius 3 is 2.54 bits per heavy atom. The standard InChI is InChI=1S/C23H28N2O3/c1-5-28-23(27)14-18-7-9-19(10-8-18)24-21-13-16(3)25(17(4)26)22-11-6-15(2)12-20(21)22/h6-12,16,21,24H,5,13-14H2,1-4H3. The number of nitrogens with one attached hydrogen (secondary N) is 1. The minimum absolute atomic E-state index is 0.0689. The maximum absolute atomic E-state index is 12.2. The first-order chi connectivity index (χ1) is 13.4. The normalized spacial score (nSPS) is 18.4. The molecule has 1 N–H and O–H groups in total. The van der Waals surface area contributed by atoms with Crippen LogP contribution in [0.1, 0.15) is 49.9 Å². The molecule has 148 valence electrons. The fourth-order valence-electron chi connectivity index (χ4n) is 3.90. The lowest BCUT2D eigenvalue weighted by atomic mass is 9.90. The molecule has 5 heteroatoms.